The van der Waals surface area contributed by atoms with Crippen LogP contribution in [0.5, 0.6) is 0 Å². The first kappa shape index (κ1) is 22.9. The summed E-state index contributed by atoms with van der Waals surface area (Å²) in [6.45, 7) is 6.56. The van der Waals surface area contributed by atoms with Gasteiger partial charge in [0.2, 0.25) is 10.0 Å². The van der Waals surface area contributed by atoms with E-state index in [1.54, 1.807) is 31.2 Å². The maximum Gasteiger partial charge on any atom is 0.274 e. The quantitative estimate of drug-likeness (QED) is 0.394. The van der Waals surface area contributed by atoms with Crippen LogP contribution in [-0.2, 0) is 10.0 Å². The lowest BCUT2D eigenvalue weighted by molar-refractivity contribution is -0.385. The van der Waals surface area contributed by atoms with Crippen molar-refractivity contribution in [2.24, 2.45) is 11.8 Å². The Balaban J connectivity index is 1.74. The molecule has 0 spiro atoms. The predicted octanol–water partition coefficient (Wildman–Crippen LogP) is 3.86. The van der Waals surface area contributed by atoms with Crippen LogP contribution in [0.1, 0.15) is 36.2 Å². The van der Waals surface area contributed by atoms with Crippen molar-refractivity contribution in [1.82, 2.24) is 4.31 Å². The van der Waals surface area contributed by atoms with Gasteiger partial charge >= 0.3 is 0 Å². The smallest absolute Gasteiger partial charge is 0.274 e. The number of nitrogens with one attached hydrogen (secondary N) is 1. The number of Topliss-reactive ketones (excluding diaryl/α,β-unsaturated/α-hetero) is 1. The Labute approximate surface area is 182 Å². The highest BCUT2D eigenvalue weighted by Crippen LogP contribution is 2.27. The molecule has 0 radical (unpaired) electrons. The number of rotatable bonds is 7. The third-order valence-electron chi connectivity index (χ3n) is 5.49. The summed E-state index contributed by atoms with van der Waals surface area (Å²) in [5.41, 5.74) is 1.22. The van der Waals surface area contributed by atoms with Gasteiger partial charge in [-0.05, 0) is 43.4 Å². The van der Waals surface area contributed by atoms with Crippen LogP contribution in [-0.4, -0.2) is 43.1 Å². The van der Waals surface area contributed by atoms with Crippen LogP contribution in [0.25, 0.3) is 0 Å². The van der Waals surface area contributed by atoms with E-state index in [9.17, 15) is 23.3 Å². The Morgan fingerprint density at radius 3 is 2.48 bits per heavy atom. The van der Waals surface area contributed by atoms with Crippen molar-refractivity contribution >= 4 is 27.2 Å². The SMILES string of the molecule is Cc1ccc(NCC(=O)c2cccc(S(=O)(=O)N3CC(C)CC(C)C3)c2)cc1[N+](=O)[O-]. The second-order valence-electron chi connectivity index (χ2n) is 8.33. The number of benzene rings is 2. The van der Waals surface area contributed by atoms with Gasteiger partial charge in [-0.15, -0.1) is 0 Å². The van der Waals surface area contributed by atoms with Crippen LogP contribution in [0, 0.1) is 28.9 Å². The summed E-state index contributed by atoms with van der Waals surface area (Å²) in [5.74, 6) is 0.262. The zero-order chi connectivity index (χ0) is 22.8. The van der Waals surface area contributed by atoms with E-state index in [2.05, 4.69) is 5.32 Å². The average molecular weight is 446 g/mol. The molecule has 1 aliphatic heterocycles. The van der Waals surface area contributed by atoms with Crippen molar-refractivity contribution in [2.45, 2.75) is 32.1 Å². The van der Waals surface area contributed by atoms with Crippen LogP contribution in [0.15, 0.2) is 47.4 Å². The first-order valence-electron chi connectivity index (χ1n) is 10.2. The van der Waals surface area contributed by atoms with Gasteiger partial charge in [-0.2, -0.15) is 4.31 Å². The molecule has 2 aromatic rings. The lowest BCUT2D eigenvalue weighted by Crippen LogP contribution is -2.42. The van der Waals surface area contributed by atoms with E-state index in [0.29, 0.717) is 24.3 Å². The number of carbonyl (C=O) groups is 1. The van der Waals surface area contributed by atoms with E-state index >= 15 is 0 Å². The van der Waals surface area contributed by atoms with Gasteiger partial charge in [0, 0.05) is 36.0 Å². The van der Waals surface area contributed by atoms with Gasteiger partial charge in [-0.3, -0.25) is 14.9 Å². The molecule has 0 amide bonds. The van der Waals surface area contributed by atoms with Crippen molar-refractivity contribution in [2.75, 3.05) is 25.0 Å². The third kappa shape index (κ3) is 5.29. The number of sulfonamides is 1. The molecule has 0 aliphatic carbocycles. The van der Waals surface area contributed by atoms with Crippen molar-refractivity contribution in [1.29, 1.82) is 0 Å². The maximum absolute atomic E-state index is 13.1. The number of piperidine rings is 1. The molecular formula is C22H27N3O5S. The molecule has 0 aromatic heterocycles. The molecular weight excluding hydrogens is 418 g/mol. The molecule has 1 aliphatic rings. The number of nitro groups is 1. The molecule has 0 bridgehead atoms. The number of hydrogen-bond donors (Lipinski definition) is 1. The fraction of sp³-hybridized carbons (Fsp3) is 0.409. The molecule has 31 heavy (non-hydrogen) atoms. The van der Waals surface area contributed by atoms with Gasteiger partial charge in [0.15, 0.2) is 5.78 Å². The number of anilines is 1. The van der Waals surface area contributed by atoms with Crippen LogP contribution >= 0.6 is 0 Å². The van der Waals surface area contributed by atoms with Crippen molar-refractivity contribution in [3.63, 3.8) is 0 Å². The van der Waals surface area contributed by atoms with E-state index in [1.807, 2.05) is 13.8 Å². The normalized spacial score (nSPS) is 19.7. The second kappa shape index (κ2) is 9.15. The molecule has 1 heterocycles. The highest BCUT2D eigenvalue weighted by Gasteiger charge is 2.32. The summed E-state index contributed by atoms with van der Waals surface area (Å²) in [4.78, 5) is 23.4. The van der Waals surface area contributed by atoms with Crippen molar-refractivity contribution in [3.8, 4) is 0 Å². The summed E-state index contributed by atoms with van der Waals surface area (Å²) >= 11 is 0. The van der Waals surface area contributed by atoms with Gasteiger partial charge in [0.05, 0.1) is 16.4 Å². The molecule has 2 aromatic carbocycles. The first-order valence-corrected chi connectivity index (χ1v) is 11.6. The number of ketones is 1. The highest BCUT2D eigenvalue weighted by molar-refractivity contribution is 7.89. The number of nitro benzene ring substituents is 1. The lowest BCUT2D eigenvalue weighted by Gasteiger charge is -2.34. The Morgan fingerprint density at radius 1 is 1.16 bits per heavy atom. The zero-order valence-corrected chi connectivity index (χ0v) is 18.7. The van der Waals surface area contributed by atoms with Crippen molar-refractivity contribution < 1.29 is 18.1 Å². The number of carbonyl (C=O) groups excluding carboxylic acids is 1. The third-order valence-corrected chi connectivity index (χ3v) is 7.32. The van der Waals surface area contributed by atoms with Crippen LogP contribution in [0.2, 0.25) is 0 Å². The summed E-state index contributed by atoms with van der Waals surface area (Å²) in [7, 11) is -3.69. The van der Waals surface area contributed by atoms with Gasteiger partial charge in [-0.25, -0.2) is 8.42 Å². The minimum atomic E-state index is -3.69. The fourth-order valence-electron chi connectivity index (χ4n) is 3.98. The molecule has 2 atom stereocenters. The van der Waals surface area contributed by atoms with E-state index in [1.165, 1.54) is 22.5 Å². The summed E-state index contributed by atoms with van der Waals surface area (Å²) < 4.78 is 27.7. The van der Waals surface area contributed by atoms with E-state index in [4.69, 9.17) is 0 Å². The Kier molecular flexibility index (Phi) is 6.76. The van der Waals surface area contributed by atoms with E-state index in [0.717, 1.165) is 6.42 Å². The summed E-state index contributed by atoms with van der Waals surface area (Å²) in [5, 5.41) is 14.0. The van der Waals surface area contributed by atoms with E-state index in [-0.39, 0.29) is 40.3 Å². The van der Waals surface area contributed by atoms with Crippen LogP contribution in [0.3, 0.4) is 0 Å². The minimum Gasteiger partial charge on any atom is -0.377 e. The first-order chi connectivity index (χ1) is 14.6. The number of nitrogens with zero attached hydrogens (tertiary/aromatic N) is 2. The highest BCUT2D eigenvalue weighted by atomic mass is 32.2. The largest absolute Gasteiger partial charge is 0.377 e. The molecule has 166 valence electrons. The standard InChI is InChI=1S/C22H27N3O5S/c1-15-9-16(2)14-24(13-15)31(29,30)20-6-4-5-18(10-20)22(26)12-23-19-8-7-17(3)21(11-19)25(27)28/h4-8,10-11,15-16,23H,9,12-14H2,1-3H3. The van der Waals surface area contributed by atoms with Crippen LogP contribution < -0.4 is 5.32 Å². The molecule has 8 nitrogen and oxygen atoms in total. The number of aryl methyl sites for hydroxylation is 1. The average Bonchev–Trinajstić information content (AvgIpc) is 2.72. The Hall–Kier alpha value is -2.78. The summed E-state index contributed by atoms with van der Waals surface area (Å²) in [6, 6.07) is 10.7. The van der Waals surface area contributed by atoms with Gasteiger partial charge in [0.1, 0.15) is 0 Å². The fourth-order valence-corrected chi connectivity index (χ4v) is 5.71. The monoisotopic (exact) mass is 445 g/mol. The molecule has 3 rings (SSSR count). The summed E-state index contributed by atoms with van der Waals surface area (Å²) in [6.07, 6.45) is 0.993. The van der Waals surface area contributed by atoms with E-state index < -0.39 is 14.9 Å². The topological polar surface area (TPSA) is 110 Å². The van der Waals surface area contributed by atoms with Gasteiger partial charge in [0.25, 0.3) is 5.69 Å². The zero-order valence-electron chi connectivity index (χ0n) is 17.9. The minimum absolute atomic E-state index is 0.0319. The number of hydrogen-bond acceptors (Lipinski definition) is 6. The molecule has 2 unspecified atom stereocenters. The van der Waals surface area contributed by atoms with Crippen molar-refractivity contribution in [3.05, 3.63) is 63.7 Å². The molecule has 0 saturated carbocycles. The Bertz CT molecular complexity index is 1090. The molecule has 1 fully saturated rings. The Morgan fingerprint density at radius 2 is 1.84 bits per heavy atom. The van der Waals surface area contributed by atoms with Crippen LogP contribution in [0.4, 0.5) is 11.4 Å². The van der Waals surface area contributed by atoms with Gasteiger partial charge in [-0.1, -0.05) is 32.0 Å². The molecule has 1 saturated heterocycles. The molecule has 9 heteroatoms. The lowest BCUT2D eigenvalue weighted by atomic mass is 9.94. The maximum atomic E-state index is 13.1. The predicted molar refractivity (Wildman–Crippen MR) is 119 cm³/mol. The molecule has 1 N–H and O–H groups in total. The van der Waals surface area contributed by atoms with Gasteiger partial charge < -0.3 is 5.32 Å². The second-order valence-corrected chi connectivity index (χ2v) is 10.3.